The van der Waals surface area contributed by atoms with E-state index in [0.29, 0.717) is 35.0 Å². The molecule has 36 heavy (non-hydrogen) atoms. The second-order valence-corrected chi connectivity index (χ2v) is 9.65. The van der Waals surface area contributed by atoms with E-state index in [0.717, 1.165) is 10.6 Å². The highest BCUT2D eigenvalue weighted by molar-refractivity contribution is 7.89. The number of nitrogens with zero attached hydrogens (tertiary/aromatic N) is 2. The molecule has 11 heteroatoms. The summed E-state index contributed by atoms with van der Waals surface area (Å²) in [5.41, 5.74) is 2.84. The van der Waals surface area contributed by atoms with E-state index >= 15 is 0 Å². The fraction of sp³-hybridized carbons (Fsp3) is 0.160. The van der Waals surface area contributed by atoms with Gasteiger partial charge < -0.3 is 9.30 Å². The van der Waals surface area contributed by atoms with Crippen molar-refractivity contribution in [2.45, 2.75) is 25.7 Å². The molecule has 0 bridgehead atoms. The van der Waals surface area contributed by atoms with Gasteiger partial charge in [0.2, 0.25) is 10.0 Å². The molecule has 1 saturated heterocycles. The summed E-state index contributed by atoms with van der Waals surface area (Å²) in [7, 11) is -3.83. The standard InChI is InChI=1S/C25H24N4O6S/c1-4-35-20-9-5-19(6-10-20)29-24(31)22(23(30)27-25(29)32)14-17-13-15(2)28(16(17)3)18-7-11-21(12-8-18)36(26,33)34/h5-14H,4H2,1-3H3,(H2,26,33,34)(H,27,30,32)/b22-14+. The van der Waals surface area contributed by atoms with Gasteiger partial charge >= 0.3 is 6.03 Å². The Bertz CT molecular complexity index is 1500. The molecule has 4 rings (SSSR count). The van der Waals surface area contributed by atoms with Crippen molar-refractivity contribution in [1.82, 2.24) is 9.88 Å². The smallest absolute Gasteiger partial charge is 0.335 e. The molecule has 3 N–H and O–H groups in total. The first-order chi connectivity index (χ1) is 17.0. The van der Waals surface area contributed by atoms with Crippen LogP contribution in [-0.4, -0.2) is 37.4 Å². The molecule has 2 aromatic carbocycles. The monoisotopic (exact) mass is 508 g/mol. The minimum Gasteiger partial charge on any atom is -0.494 e. The van der Waals surface area contributed by atoms with E-state index in [1.165, 1.54) is 18.2 Å². The number of amides is 4. The third kappa shape index (κ3) is 4.66. The maximum Gasteiger partial charge on any atom is 0.335 e. The molecule has 3 aromatic rings. The second-order valence-electron chi connectivity index (χ2n) is 8.09. The maximum atomic E-state index is 13.2. The van der Waals surface area contributed by atoms with Gasteiger partial charge in [-0.1, -0.05) is 0 Å². The van der Waals surface area contributed by atoms with E-state index in [1.54, 1.807) is 49.4 Å². The van der Waals surface area contributed by atoms with Crippen molar-refractivity contribution in [2.75, 3.05) is 11.5 Å². The molecule has 1 aliphatic rings. The van der Waals surface area contributed by atoms with Crippen LogP contribution in [0.15, 0.2) is 65.1 Å². The molecule has 186 valence electrons. The lowest BCUT2D eigenvalue weighted by Crippen LogP contribution is -2.54. The number of urea groups is 1. The summed E-state index contributed by atoms with van der Waals surface area (Å²) in [6, 6.07) is 13.4. The number of hydrogen-bond acceptors (Lipinski definition) is 6. The van der Waals surface area contributed by atoms with Gasteiger partial charge in [-0.05, 0) is 87.0 Å². The van der Waals surface area contributed by atoms with Gasteiger partial charge in [-0.3, -0.25) is 14.9 Å². The number of anilines is 1. The average Bonchev–Trinajstić information content (AvgIpc) is 3.10. The van der Waals surface area contributed by atoms with Gasteiger partial charge in [0.05, 0.1) is 17.2 Å². The number of aromatic nitrogens is 1. The zero-order valence-electron chi connectivity index (χ0n) is 19.8. The Hall–Kier alpha value is -4.22. The lowest BCUT2D eigenvalue weighted by atomic mass is 10.1. The molecular weight excluding hydrogens is 484 g/mol. The van der Waals surface area contributed by atoms with Gasteiger partial charge in [0.25, 0.3) is 11.8 Å². The first-order valence-electron chi connectivity index (χ1n) is 11.0. The molecule has 4 amide bonds. The highest BCUT2D eigenvalue weighted by atomic mass is 32.2. The van der Waals surface area contributed by atoms with Crippen molar-refractivity contribution in [3.8, 4) is 11.4 Å². The lowest BCUT2D eigenvalue weighted by Gasteiger charge is -2.26. The highest BCUT2D eigenvalue weighted by Crippen LogP contribution is 2.27. The van der Waals surface area contributed by atoms with Gasteiger partial charge in [-0.25, -0.2) is 23.3 Å². The summed E-state index contributed by atoms with van der Waals surface area (Å²) < 4.78 is 30.4. The average molecular weight is 509 g/mol. The van der Waals surface area contributed by atoms with Crippen LogP contribution < -0.4 is 20.1 Å². The summed E-state index contributed by atoms with van der Waals surface area (Å²) in [6.07, 6.45) is 1.43. The van der Waals surface area contributed by atoms with Crippen molar-refractivity contribution >= 4 is 39.6 Å². The van der Waals surface area contributed by atoms with Crippen molar-refractivity contribution in [3.63, 3.8) is 0 Å². The molecule has 0 unspecified atom stereocenters. The third-order valence-electron chi connectivity index (χ3n) is 5.70. The molecule has 0 radical (unpaired) electrons. The number of rotatable bonds is 6. The van der Waals surface area contributed by atoms with Crippen molar-refractivity contribution in [1.29, 1.82) is 0 Å². The van der Waals surface area contributed by atoms with Crippen LogP contribution in [0.1, 0.15) is 23.9 Å². The summed E-state index contributed by atoms with van der Waals surface area (Å²) >= 11 is 0. The minimum absolute atomic E-state index is 0.0143. The molecule has 0 spiro atoms. The van der Waals surface area contributed by atoms with Gasteiger partial charge in [-0.2, -0.15) is 0 Å². The Kier molecular flexibility index (Phi) is 6.53. The molecular formula is C25H24N4O6S. The Morgan fingerprint density at radius 2 is 1.58 bits per heavy atom. The maximum absolute atomic E-state index is 13.2. The lowest BCUT2D eigenvalue weighted by molar-refractivity contribution is -0.122. The van der Waals surface area contributed by atoms with Gasteiger partial charge in [0, 0.05) is 17.1 Å². The Morgan fingerprint density at radius 1 is 0.972 bits per heavy atom. The summed E-state index contributed by atoms with van der Waals surface area (Å²) in [4.78, 5) is 39.2. The van der Waals surface area contributed by atoms with E-state index in [1.807, 2.05) is 18.4 Å². The van der Waals surface area contributed by atoms with Crippen molar-refractivity contribution in [3.05, 3.63) is 77.1 Å². The van der Waals surface area contributed by atoms with Crippen molar-refractivity contribution < 1.29 is 27.5 Å². The number of hydrogen-bond donors (Lipinski definition) is 2. The van der Waals surface area contributed by atoms with Crippen LogP contribution in [0.2, 0.25) is 0 Å². The number of ether oxygens (including phenoxy) is 1. The second kappa shape index (κ2) is 9.44. The number of imide groups is 2. The number of carbonyl (C=O) groups is 3. The van der Waals surface area contributed by atoms with E-state index in [-0.39, 0.29) is 10.5 Å². The van der Waals surface area contributed by atoms with Gasteiger partial charge in [0.1, 0.15) is 11.3 Å². The number of nitrogens with two attached hydrogens (primary N) is 1. The number of sulfonamides is 1. The molecule has 10 nitrogen and oxygen atoms in total. The highest BCUT2D eigenvalue weighted by Gasteiger charge is 2.37. The normalized spacial score (nSPS) is 15.4. The van der Waals surface area contributed by atoms with E-state index in [9.17, 15) is 22.8 Å². The Morgan fingerprint density at radius 3 is 2.17 bits per heavy atom. The molecule has 1 fully saturated rings. The predicted octanol–water partition coefficient (Wildman–Crippen LogP) is 2.81. The van der Waals surface area contributed by atoms with Gasteiger partial charge in [0.15, 0.2) is 0 Å². The van der Waals surface area contributed by atoms with Gasteiger partial charge in [-0.15, -0.1) is 0 Å². The van der Waals surface area contributed by atoms with Crippen molar-refractivity contribution in [2.24, 2.45) is 5.14 Å². The van der Waals surface area contributed by atoms with Crippen LogP contribution in [0.5, 0.6) is 5.75 Å². The SMILES string of the molecule is CCOc1ccc(N2C(=O)NC(=O)/C(=C\c3cc(C)n(-c4ccc(S(N)(=O)=O)cc4)c3C)C2=O)cc1. The van der Waals surface area contributed by atoms with Crippen LogP contribution in [-0.2, 0) is 19.6 Å². The van der Waals surface area contributed by atoms with Crippen LogP contribution in [0.4, 0.5) is 10.5 Å². The Labute approximate surface area is 208 Å². The third-order valence-corrected chi connectivity index (χ3v) is 6.63. The van der Waals surface area contributed by atoms with Crippen LogP contribution in [0, 0.1) is 13.8 Å². The minimum atomic E-state index is -3.83. The fourth-order valence-electron chi connectivity index (χ4n) is 4.02. The largest absolute Gasteiger partial charge is 0.494 e. The quantitative estimate of drug-likeness (QED) is 0.388. The fourth-order valence-corrected chi connectivity index (χ4v) is 4.54. The van der Waals surface area contributed by atoms with E-state index < -0.39 is 27.9 Å². The predicted molar refractivity (Wildman–Crippen MR) is 133 cm³/mol. The number of barbiturate groups is 1. The molecule has 0 saturated carbocycles. The molecule has 0 aliphatic carbocycles. The summed E-state index contributed by atoms with van der Waals surface area (Å²) in [6.45, 7) is 5.95. The molecule has 1 aromatic heterocycles. The Balaban J connectivity index is 1.70. The zero-order valence-corrected chi connectivity index (χ0v) is 20.6. The molecule has 2 heterocycles. The van der Waals surface area contributed by atoms with E-state index in [2.05, 4.69) is 5.32 Å². The number of aryl methyl sites for hydroxylation is 1. The number of nitrogens with one attached hydrogen (secondary N) is 1. The first-order valence-corrected chi connectivity index (χ1v) is 12.5. The van der Waals surface area contributed by atoms with Crippen LogP contribution in [0.25, 0.3) is 11.8 Å². The zero-order chi connectivity index (χ0) is 26.2. The summed E-state index contributed by atoms with van der Waals surface area (Å²) in [5.74, 6) is -0.966. The van der Waals surface area contributed by atoms with Crippen LogP contribution in [0.3, 0.4) is 0 Å². The topological polar surface area (TPSA) is 141 Å². The first kappa shape index (κ1) is 24.9. The van der Waals surface area contributed by atoms with E-state index in [4.69, 9.17) is 9.88 Å². The number of primary sulfonamides is 1. The van der Waals surface area contributed by atoms with Crippen LogP contribution >= 0.6 is 0 Å². The molecule has 0 atom stereocenters. The number of benzene rings is 2. The number of carbonyl (C=O) groups excluding carboxylic acids is 3. The summed E-state index contributed by atoms with van der Waals surface area (Å²) in [5, 5.41) is 7.39. The molecule has 1 aliphatic heterocycles.